The number of amides is 2. The lowest BCUT2D eigenvalue weighted by Gasteiger charge is -2.11. The minimum absolute atomic E-state index is 0.0810. The second-order valence-corrected chi connectivity index (χ2v) is 6.89. The van der Waals surface area contributed by atoms with Gasteiger partial charge in [-0.05, 0) is 35.4 Å². The van der Waals surface area contributed by atoms with Crippen LogP contribution < -0.4 is 16.4 Å². The highest BCUT2D eigenvalue weighted by molar-refractivity contribution is 6.06. The van der Waals surface area contributed by atoms with E-state index in [9.17, 15) is 14.4 Å². The maximum atomic E-state index is 12.8. The predicted octanol–water partition coefficient (Wildman–Crippen LogP) is 3.03. The summed E-state index contributed by atoms with van der Waals surface area (Å²) < 4.78 is 1.28. The molecule has 4 aromatic rings. The summed E-state index contributed by atoms with van der Waals surface area (Å²) >= 11 is 0. The monoisotopic (exact) mass is 400 g/mol. The van der Waals surface area contributed by atoms with E-state index in [-0.39, 0.29) is 11.3 Å². The van der Waals surface area contributed by atoms with Crippen molar-refractivity contribution >= 4 is 33.4 Å². The first-order valence-corrected chi connectivity index (χ1v) is 9.68. The fraction of sp³-hybridized carbons (Fsp3) is 0.130. The third kappa shape index (κ3) is 3.65. The summed E-state index contributed by atoms with van der Waals surface area (Å²) in [6.07, 6.45) is 0.699. The number of aromatic nitrogens is 2. The van der Waals surface area contributed by atoms with Crippen molar-refractivity contribution in [3.8, 4) is 0 Å². The summed E-state index contributed by atoms with van der Waals surface area (Å²) in [6.45, 7) is 2.32. The van der Waals surface area contributed by atoms with Crippen LogP contribution in [0.25, 0.3) is 21.5 Å². The molecule has 0 atom stereocenters. The third-order valence-electron chi connectivity index (χ3n) is 4.82. The molecule has 0 saturated carbocycles. The van der Waals surface area contributed by atoms with Gasteiger partial charge in [-0.3, -0.25) is 25.2 Å². The summed E-state index contributed by atoms with van der Waals surface area (Å²) in [6, 6.07) is 19.8. The Morgan fingerprint density at radius 1 is 0.867 bits per heavy atom. The largest absolute Gasteiger partial charge is 0.290 e. The van der Waals surface area contributed by atoms with Crippen molar-refractivity contribution in [1.29, 1.82) is 0 Å². The Balaban J connectivity index is 1.59. The molecule has 0 unspecified atom stereocenters. The number of hydrazine groups is 1. The predicted molar refractivity (Wildman–Crippen MR) is 115 cm³/mol. The van der Waals surface area contributed by atoms with Crippen molar-refractivity contribution in [2.45, 2.75) is 19.9 Å². The van der Waals surface area contributed by atoms with Gasteiger partial charge in [-0.15, -0.1) is 0 Å². The zero-order valence-corrected chi connectivity index (χ0v) is 16.4. The number of rotatable bonds is 4. The van der Waals surface area contributed by atoms with Crippen molar-refractivity contribution in [2.24, 2.45) is 0 Å². The van der Waals surface area contributed by atoms with Gasteiger partial charge < -0.3 is 0 Å². The fourth-order valence-electron chi connectivity index (χ4n) is 3.34. The van der Waals surface area contributed by atoms with E-state index in [0.29, 0.717) is 29.3 Å². The molecule has 0 aliphatic rings. The fourth-order valence-corrected chi connectivity index (χ4v) is 3.34. The van der Waals surface area contributed by atoms with Gasteiger partial charge in [0.15, 0.2) is 5.69 Å². The minimum Gasteiger partial charge on any atom is -0.267 e. The van der Waals surface area contributed by atoms with Crippen LogP contribution >= 0.6 is 0 Å². The number of nitrogens with zero attached hydrogens (tertiary/aromatic N) is 2. The van der Waals surface area contributed by atoms with Gasteiger partial charge in [0.1, 0.15) is 0 Å². The maximum Gasteiger partial charge on any atom is 0.290 e. The Morgan fingerprint density at radius 3 is 2.30 bits per heavy atom. The molecule has 30 heavy (non-hydrogen) atoms. The molecule has 0 aliphatic heterocycles. The molecule has 0 saturated heterocycles. The van der Waals surface area contributed by atoms with E-state index in [1.54, 1.807) is 36.4 Å². The summed E-state index contributed by atoms with van der Waals surface area (Å²) in [7, 11) is 0. The molecule has 1 aromatic heterocycles. The van der Waals surface area contributed by atoms with Crippen LogP contribution in [0.4, 0.5) is 0 Å². The highest BCUT2D eigenvalue weighted by atomic mass is 16.2. The molecule has 0 radical (unpaired) electrons. The lowest BCUT2D eigenvalue weighted by atomic mass is 10.1. The first-order valence-electron chi connectivity index (χ1n) is 9.68. The molecule has 7 nitrogen and oxygen atoms in total. The van der Waals surface area contributed by atoms with Crippen LogP contribution in [0.1, 0.15) is 34.2 Å². The summed E-state index contributed by atoms with van der Waals surface area (Å²) in [5.74, 6) is -1.04. The van der Waals surface area contributed by atoms with Crippen molar-refractivity contribution in [3.63, 3.8) is 0 Å². The van der Waals surface area contributed by atoms with Gasteiger partial charge in [0.05, 0.1) is 5.39 Å². The van der Waals surface area contributed by atoms with Gasteiger partial charge in [-0.2, -0.15) is 5.10 Å². The van der Waals surface area contributed by atoms with E-state index < -0.39 is 11.8 Å². The molecule has 2 N–H and O–H groups in total. The van der Waals surface area contributed by atoms with Gasteiger partial charge in [0.25, 0.3) is 17.4 Å². The van der Waals surface area contributed by atoms with E-state index >= 15 is 0 Å². The van der Waals surface area contributed by atoms with Crippen molar-refractivity contribution in [1.82, 2.24) is 20.6 Å². The van der Waals surface area contributed by atoms with Crippen molar-refractivity contribution < 1.29 is 9.59 Å². The number of hydrogen-bond donors (Lipinski definition) is 2. The van der Waals surface area contributed by atoms with Crippen LogP contribution in [0.2, 0.25) is 0 Å². The van der Waals surface area contributed by atoms with Crippen molar-refractivity contribution in [3.05, 3.63) is 88.3 Å². The number of benzene rings is 3. The number of aryl methyl sites for hydroxylation is 1. The number of hydrogen-bond acceptors (Lipinski definition) is 4. The number of carbonyl (C=O) groups is 2. The minimum atomic E-state index is -0.592. The lowest BCUT2D eigenvalue weighted by Crippen LogP contribution is -2.42. The number of carbonyl (C=O) groups excluding carboxylic acids is 2. The Morgan fingerprint density at radius 2 is 1.53 bits per heavy atom. The Hall–Kier alpha value is -4.00. The van der Waals surface area contributed by atoms with Gasteiger partial charge >= 0.3 is 0 Å². The summed E-state index contributed by atoms with van der Waals surface area (Å²) in [4.78, 5) is 37.8. The van der Waals surface area contributed by atoms with Crippen LogP contribution in [0.15, 0.2) is 71.5 Å². The lowest BCUT2D eigenvalue weighted by molar-refractivity contribution is 0.0843. The first-order chi connectivity index (χ1) is 14.6. The SMILES string of the molecule is CCCn1nc(C(=O)NNC(=O)c2ccc3ccccc3c2)c2ccccc2c1=O. The van der Waals surface area contributed by atoms with Crippen LogP contribution in [-0.4, -0.2) is 21.6 Å². The van der Waals surface area contributed by atoms with Gasteiger partial charge in [-0.1, -0.05) is 55.5 Å². The molecule has 0 bridgehead atoms. The van der Waals surface area contributed by atoms with Crippen molar-refractivity contribution in [2.75, 3.05) is 0 Å². The van der Waals surface area contributed by atoms with Crippen LogP contribution in [0.3, 0.4) is 0 Å². The van der Waals surface area contributed by atoms with E-state index in [2.05, 4.69) is 16.0 Å². The summed E-state index contributed by atoms with van der Waals surface area (Å²) in [5, 5.41) is 7.02. The zero-order valence-electron chi connectivity index (χ0n) is 16.4. The van der Waals surface area contributed by atoms with Crippen LogP contribution in [0, 0.1) is 0 Å². The molecule has 3 aromatic carbocycles. The molecule has 2 amide bonds. The average Bonchev–Trinajstić information content (AvgIpc) is 2.79. The first kappa shape index (κ1) is 19.3. The van der Waals surface area contributed by atoms with E-state index in [4.69, 9.17) is 0 Å². The standard InChI is InChI=1S/C23H20N4O3/c1-2-13-27-23(30)19-10-6-5-9-18(19)20(26-27)22(29)25-24-21(28)17-12-11-15-7-3-4-8-16(15)14-17/h3-12,14H,2,13H2,1H3,(H,24,28)(H,25,29). The van der Waals surface area contributed by atoms with Crippen LogP contribution in [0.5, 0.6) is 0 Å². The van der Waals surface area contributed by atoms with E-state index in [1.807, 2.05) is 37.3 Å². The molecule has 7 heteroatoms. The smallest absolute Gasteiger partial charge is 0.267 e. The summed E-state index contributed by atoms with van der Waals surface area (Å²) in [5.41, 5.74) is 5.09. The molecule has 150 valence electrons. The Labute approximate surface area is 172 Å². The quantitative estimate of drug-likeness (QED) is 0.515. The topological polar surface area (TPSA) is 93.1 Å². The maximum absolute atomic E-state index is 12.8. The Bertz CT molecular complexity index is 1330. The second kappa shape index (κ2) is 8.16. The van der Waals surface area contributed by atoms with Crippen LogP contribution in [-0.2, 0) is 6.54 Å². The Kier molecular flexibility index (Phi) is 5.26. The average molecular weight is 400 g/mol. The normalized spacial score (nSPS) is 10.8. The molecule has 0 aliphatic carbocycles. The second-order valence-electron chi connectivity index (χ2n) is 6.89. The van der Waals surface area contributed by atoms with Gasteiger partial charge in [0, 0.05) is 17.5 Å². The molecular weight excluding hydrogens is 380 g/mol. The van der Waals surface area contributed by atoms with Gasteiger partial charge in [0.2, 0.25) is 0 Å². The highest BCUT2D eigenvalue weighted by Gasteiger charge is 2.17. The van der Waals surface area contributed by atoms with Gasteiger partial charge in [-0.25, -0.2) is 4.68 Å². The van der Waals surface area contributed by atoms with E-state index in [1.165, 1.54) is 4.68 Å². The molecule has 1 heterocycles. The molecular formula is C23H20N4O3. The highest BCUT2D eigenvalue weighted by Crippen LogP contribution is 2.16. The van der Waals surface area contributed by atoms with E-state index in [0.717, 1.165) is 10.8 Å². The molecule has 0 fully saturated rings. The number of fused-ring (bicyclic) bond motifs is 2. The molecule has 4 rings (SSSR count). The zero-order chi connectivity index (χ0) is 21.1. The number of nitrogens with one attached hydrogen (secondary N) is 2. The molecule has 0 spiro atoms. The third-order valence-corrected chi connectivity index (χ3v) is 4.82.